The largest absolute Gasteiger partial charge is 0.393 e. The molecule has 6 nitrogen and oxygen atoms in total. The number of thioether (sulfide) groups is 1. The van der Waals surface area contributed by atoms with Gasteiger partial charge in [0.15, 0.2) is 0 Å². The van der Waals surface area contributed by atoms with Crippen LogP contribution in [0.5, 0.6) is 0 Å². The first kappa shape index (κ1) is 27.4. The lowest BCUT2D eigenvalue weighted by atomic mass is 9.50. The number of hydrogen-bond donors (Lipinski definition) is 1. The molecular formula is C35H37FN4O2S. The molecule has 222 valence electrons. The zero-order valence-electron chi connectivity index (χ0n) is 24.4. The van der Waals surface area contributed by atoms with Crippen LogP contribution in [0.4, 0.5) is 4.39 Å². The number of Topliss-reactive ketones (excluding diaryl/α,β-unsaturated/α-hetero) is 1. The Morgan fingerprint density at radius 3 is 2.93 bits per heavy atom. The quantitative estimate of drug-likeness (QED) is 0.415. The molecule has 0 saturated heterocycles. The van der Waals surface area contributed by atoms with Crippen molar-refractivity contribution in [1.82, 2.24) is 9.78 Å². The van der Waals surface area contributed by atoms with Gasteiger partial charge < -0.3 is 5.11 Å². The Kier molecular flexibility index (Phi) is 6.71. The van der Waals surface area contributed by atoms with Gasteiger partial charge in [-0.2, -0.15) is 5.10 Å². The number of nitrogens with zero attached hydrogens (tertiary/aromatic N) is 4. The third-order valence-corrected chi connectivity index (χ3v) is 12.5. The van der Waals surface area contributed by atoms with Crippen LogP contribution in [-0.4, -0.2) is 50.0 Å². The maximum atomic E-state index is 13.8. The molecule has 0 radical (unpaired) electrons. The summed E-state index contributed by atoms with van der Waals surface area (Å²) >= 11 is 1.56. The maximum absolute atomic E-state index is 13.8. The van der Waals surface area contributed by atoms with Gasteiger partial charge >= 0.3 is 0 Å². The second-order valence-electron chi connectivity index (χ2n) is 13.5. The van der Waals surface area contributed by atoms with Gasteiger partial charge in [-0.05, 0) is 110 Å². The molecule has 2 heterocycles. The van der Waals surface area contributed by atoms with Gasteiger partial charge in [-0.3, -0.25) is 9.79 Å². The fourth-order valence-corrected chi connectivity index (χ4v) is 10.5. The number of aliphatic hydroxyl groups excluding tert-OH is 1. The van der Waals surface area contributed by atoms with E-state index in [1.165, 1.54) is 23.3 Å². The molecule has 8 atom stereocenters. The second-order valence-corrected chi connectivity index (χ2v) is 14.5. The number of aromatic nitrogens is 2. The molecule has 1 aromatic heterocycles. The predicted molar refractivity (Wildman–Crippen MR) is 169 cm³/mol. The number of halogens is 1. The van der Waals surface area contributed by atoms with Gasteiger partial charge in [0.25, 0.3) is 0 Å². The number of hydrogen-bond acceptors (Lipinski definition) is 6. The van der Waals surface area contributed by atoms with Crippen molar-refractivity contribution in [1.29, 1.82) is 0 Å². The Labute approximate surface area is 256 Å². The summed E-state index contributed by atoms with van der Waals surface area (Å²) < 4.78 is 15.5. The molecule has 8 rings (SSSR count). The van der Waals surface area contributed by atoms with Crippen molar-refractivity contribution in [2.45, 2.75) is 64.0 Å². The van der Waals surface area contributed by atoms with Crippen molar-refractivity contribution >= 4 is 35.0 Å². The standard InChI is InChI=1S/C35H37FN4O2S/c1-35-16-31(41)33-24(11-6-20-15-30-21(14-26(20)33)17-39-40(30)23-9-7-22(36)8-10-23)27(35)12-13-28(35)32(42)18-43-34-25-4-2-3-5-29(25)37-19-38-34/h3-5,7-10,15,17,19,24,26-29,31,33,41H,2,6,11-14,16,18H2,1H3. The van der Waals surface area contributed by atoms with Gasteiger partial charge in [-0.25, -0.2) is 14.1 Å². The lowest BCUT2D eigenvalue weighted by Crippen LogP contribution is -2.54. The van der Waals surface area contributed by atoms with E-state index in [1.54, 1.807) is 30.2 Å². The summed E-state index contributed by atoms with van der Waals surface area (Å²) in [5.41, 5.74) is 5.49. The van der Waals surface area contributed by atoms with Crippen LogP contribution in [0.3, 0.4) is 0 Å². The van der Waals surface area contributed by atoms with E-state index in [9.17, 15) is 14.3 Å². The first-order valence-electron chi connectivity index (χ1n) is 15.7. The molecule has 6 aliphatic rings. The van der Waals surface area contributed by atoms with E-state index in [0.717, 1.165) is 60.5 Å². The Hall–Kier alpha value is -3.10. The van der Waals surface area contributed by atoms with Gasteiger partial charge in [0.2, 0.25) is 0 Å². The molecule has 1 N–H and O–H groups in total. The number of fused-ring (bicyclic) bond motifs is 7. The molecule has 5 aliphatic carbocycles. The normalized spacial score (nSPS) is 35.5. The van der Waals surface area contributed by atoms with Crippen molar-refractivity contribution < 1.29 is 14.3 Å². The van der Waals surface area contributed by atoms with Gasteiger partial charge in [-0.1, -0.05) is 42.5 Å². The Morgan fingerprint density at radius 2 is 2.07 bits per heavy atom. The first-order chi connectivity index (χ1) is 20.9. The molecule has 8 heteroatoms. The van der Waals surface area contributed by atoms with Gasteiger partial charge in [0, 0.05) is 11.5 Å². The summed E-state index contributed by atoms with van der Waals surface area (Å²) in [5.74, 6) is 1.86. The summed E-state index contributed by atoms with van der Waals surface area (Å²) in [6.07, 6.45) is 18.4. The Balaban J connectivity index is 0.992. The number of carbonyl (C=O) groups excluding carboxylic acids is 1. The average Bonchev–Trinajstić information content (AvgIpc) is 3.59. The van der Waals surface area contributed by atoms with Crippen LogP contribution < -0.4 is 0 Å². The lowest BCUT2D eigenvalue weighted by molar-refractivity contribution is -0.133. The Morgan fingerprint density at radius 1 is 1.21 bits per heavy atom. The van der Waals surface area contributed by atoms with E-state index in [1.807, 2.05) is 10.9 Å². The number of benzene rings is 1. The number of rotatable bonds is 4. The zero-order chi connectivity index (χ0) is 29.3. The third kappa shape index (κ3) is 4.47. The predicted octanol–water partition coefficient (Wildman–Crippen LogP) is 6.39. The molecule has 0 bridgehead atoms. The van der Waals surface area contributed by atoms with Gasteiger partial charge in [0.05, 0.1) is 35.5 Å². The molecule has 1 aliphatic heterocycles. The summed E-state index contributed by atoms with van der Waals surface area (Å²) in [5, 5.41) is 17.4. The second kappa shape index (κ2) is 10.5. The van der Waals surface area contributed by atoms with Crippen LogP contribution in [0, 0.1) is 40.8 Å². The minimum absolute atomic E-state index is 0.0154. The van der Waals surface area contributed by atoms with Crippen LogP contribution in [0.15, 0.2) is 69.8 Å². The average molecular weight is 597 g/mol. The smallest absolute Gasteiger partial charge is 0.146 e. The zero-order valence-corrected chi connectivity index (χ0v) is 25.2. The molecule has 3 fully saturated rings. The molecular weight excluding hydrogens is 559 g/mol. The molecule has 8 unspecified atom stereocenters. The minimum atomic E-state index is -0.423. The van der Waals surface area contributed by atoms with Gasteiger partial charge in [0.1, 0.15) is 23.0 Å². The highest BCUT2D eigenvalue weighted by Crippen LogP contribution is 2.64. The first-order valence-corrected chi connectivity index (χ1v) is 16.7. The van der Waals surface area contributed by atoms with E-state index in [2.05, 4.69) is 46.3 Å². The highest BCUT2D eigenvalue weighted by molar-refractivity contribution is 8.15. The summed E-state index contributed by atoms with van der Waals surface area (Å²) in [6.45, 7) is 2.30. The van der Waals surface area contributed by atoms with Crippen molar-refractivity contribution in [2.24, 2.45) is 45.0 Å². The van der Waals surface area contributed by atoms with E-state index in [0.29, 0.717) is 35.7 Å². The van der Waals surface area contributed by atoms with E-state index >= 15 is 0 Å². The van der Waals surface area contributed by atoms with E-state index in [4.69, 9.17) is 0 Å². The SMILES string of the molecule is CC12CC(O)C3C4Cc5cnn(-c6ccc(F)cc6)c5C=C4CCC3C1CCC2C(=O)CSC1=NC=NC2C=CCC=C12. The molecule has 1 aromatic carbocycles. The van der Waals surface area contributed by atoms with Crippen molar-refractivity contribution in [3.05, 3.63) is 76.9 Å². The third-order valence-electron chi connectivity index (χ3n) is 11.4. The fraction of sp³-hybridized carbons (Fsp3) is 0.486. The molecule has 0 spiro atoms. The van der Waals surface area contributed by atoms with Crippen LogP contribution in [0.2, 0.25) is 0 Å². The highest BCUT2D eigenvalue weighted by Gasteiger charge is 2.60. The van der Waals surface area contributed by atoms with E-state index < -0.39 is 6.10 Å². The Bertz CT molecular complexity index is 1620. The van der Waals surface area contributed by atoms with Gasteiger partial charge in [-0.15, -0.1) is 0 Å². The number of carbonyl (C=O) groups is 1. The van der Waals surface area contributed by atoms with E-state index in [-0.39, 0.29) is 29.1 Å². The number of aliphatic imine (C=N–C) groups is 2. The highest BCUT2D eigenvalue weighted by atomic mass is 32.2. The molecule has 43 heavy (non-hydrogen) atoms. The number of ketones is 1. The number of aliphatic hydroxyl groups is 1. The van der Waals surface area contributed by atoms with Crippen LogP contribution in [0.25, 0.3) is 11.8 Å². The molecule has 0 amide bonds. The fourth-order valence-electron chi connectivity index (χ4n) is 9.57. The minimum Gasteiger partial charge on any atom is -0.393 e. The molecule has 2 aromatic rings. The topological polar surface area (TPSA) is 79.8 Å². The van der Waals surface area contributed by atoms with Crippen LogP contribution in [0.1, 0.15) is 56.7 Å². The lowest BCUT2D eigenvalue weighted by Gasteiger charge is -2.55. The summed E-state index contributed by atoms with van der Waals surface area (Å²) in [4.78, 5) is 22.8. The summed E-state index contributed by atoms with van der Waals surface area (Å²) in [7, 11) is 0. The van der Waals surface area contributed by atoms with Crippen LogP contribution in [-0.2, 0) is 11.2 Å². The molecule has 3 saturated carbocycles. The summed E-state index contributed by atoms with van der Waals surface area (Å²) in [6, 6.07) is 6.51. The van der Waals surface area contributed by atoms with Crippen molar-refractivity contribution in [2.75, 3.05) is 5.75 Å². The van der Waals surface area contributed by atoms with Crippen molar-refractivity contribution in [3.8, 4) is 5.69 Å². The maximum Gasteiger partial charge on any atom is 0.146 e. The number of allylic oxidation sites excluding steroid dienone is 3. The van der Waals surface area contributed by atoms with Crippen LogP contribution >= 0.6 is 11.8 Å². The monoisotopic (exact) mass is 596 g/mol. The van der Waals surface area contributed by atoms with Crippen molar-refractivity contribution in [3.63, 3.8) is 0 Å².